The first-order valence-electron chi connectivity index (χ1n) is 9.88. The minimum atomic E-state index is 0.252. The van der Waals surface area contributed by atoms with Gasteiger partial charge in [0, 0.05) is 15.1 Å². The Morgan fingerprint density at radius 3 is 1.35 bits per heavy atom. The summed E-state index contributed by atoms with van der Waals surface area (Å²) in [5, 5.41) is 12.2. The average molecular weight is 525 g/mol. The molecular formula is C25H31Cl5O. The summed E-state index contributed by atoms with van der Waals surface area (Å²) in [5.41, 5.74) is 3.03. The molecule has 0 unspecified atom stereocenters. The standard InChI is InChI=1S/2C7H6Cl2.C7H7ClO.2C2H6/c1-5-2-3-6(8)4-7(5)9;1-5-2-3-6(8)7(9)4-5;1-5-2-3-6(8)4-7(5)9;2*1-2/h2*2-4H,1H3;2-4,9H,1H3;2*1-2H3. The van der Waals surface area contributed by atoms with E-state index in [-0.39, 0.29) is 5.75 Å². The van der Waals surface area contributed by atoms with Gasteiger partial charge in [0.05, 0.1) is 10.0 Å². The molecule has 1 nitrogen and oxygen atoms in total. The van der Waals surface area contributed by atoms with Gasteiger partial charge in [0.1, 0.15) is 5.75 Å². The highest BCUT2D eigenvalue weighted by molar-refractivity contribution is 6.42. The molecule has 0 spiro atoms. The van der Waals surface area contributed by atoms with E-state index < -0.39 is 0 Å². The molecule has 0 fully saturated rings. The van der Waals surface area contributed by atoms with E-state index in [0.717, 1.165) is 21.7 Å². The topological polar surface area (TPSA) is 20.2 Å². The number of rotatable bonds is 0. The van der Waals surface area contributed by atoms with Crippen molar-refractivity contribution in [3.63, 3.8) is 0 Å². The number of halogens is 5. The van der Waals surface area contributed by atoms with Gasteiger partial charge in [-0.2, -0.15) is 0 Å². The highest BCUT2D eigenvalue weighted by Crippen LogP contribution is 2.22. The number of phenolic OH excluding ortho intramolecular Hbond substituents is 1. The molecule has 0 aromatic heterocycles. The number of aryl methyl sites for hydroxylation is 3. The van der Waals surface area contributed by atoms with Gasteiger partial charge in [-0.1, -0.05) is 104 Å². The van der Waals surface area contributed by atoms with Crippen molar-refractivity contribution in [2.45, 2.75) is 48.5 Å². The van der Waals surface area contributed by atoms with Crippen molar-refractivity contribution in [2.24, 2.45) is 0 Å². The lowest BCUT2D eigenvalue weighted by atomic mass is 10.2. The van der Waals surface area contributed by atoms with Gasteiger partial charge >= 0.3 is 0 Å². The van der Waals surface area contributed by atoms with Crippen LogP contribution in [0, 0.1) is 20.8 Å². The van der Waals surface area contributed by atoms with E-state index in [2.05, 4.69) is 0 Å². The number of hydrogen-bond donors (Lipinski definition) is 1. The predicted octanol–water partition coefficient (Wildman–Crippen LogP) is 11.0. The summed E-state index contributed by atoms with van der Waals surface area (Å²) in [4.78, 5) is 0. The van der Waals surface area contributed by atoms with Gasteiger partial charge in [-0.3, -0.25) is 0 Å². The number of benzene rings is 3. The molecule has 0 bridgehead atoms. The highest BCUT2D eigenvalue weighted by atomic mass is 35.5. The molecule has 3 aromatic carbocycles. The smallest absolute Gasteiger partial charge is 0.119 e. The normalized spacial score (nSPS) is 8.77. The molecule has 6 heteroatoms. The van der Waals surface area contributed by atoms with Crippen molar-refractivity contribution in [2.75, 3.05) is 0 Å². The number of phenols is 1. The van der Waals surface area contributed by atoms with Crippen LogP contribution in [0.15, 0.2) is 54.6 Å². The Labute approximate surface area is 212 Å². The quantitative estimate of drug-likeness (QED) is 0.310. The lowest BCUT2D eigenvalue weighted by Gasteiger charge is -1.95. The van der Waals surface area contributed by atoms with Gasteiger partial charge < -0.3 is 5.11 Å². The van der Waals surface area contributed by atoms with Crippen LogP contribution in [0.1, 0.15) is 44.4 Å². The van der Waals surface area contributed by atoms with Crippen LogP contribution in [0.2, 0.25) is 25.1 Å². The maximum Gasteiger partial charge on any atom is 0.119 e. The summed E-state index contributed by atoms with van der Waals surface area (Å²) in [6.07, 6.45) is 0. The second-order valence-electron chi connectivity index (χ2n) is 5.74. The molecule has 0 saturated carbocycles. The predicted molar refractivity (Wildman–Crippen MR) is 143 cm³/mol. The first-order chi connectivity index (χ1) is 14.6. The molecule has 0 saturated heterocycles. The molecule has 172 valence electrons. The van der Waals surface area contributed by atoms with Gasteiger partial charge in [0.15, 0.2) is 0 Å². The molecule has 3 aromatic rings. The monoisotopic (exact) mass is 522 g/mol. The summed E-state index contributed by atoms with van der Waals surface area (Å²) in [6.45, 7) is 13.7. The molecule has 0 radical (unpaired) electrons. The summed E-state index contributed by atoms with van der Waals surface area (Å²) in [6, 6.07) is 16.0. The number of hydrogen-bond acceptors (Lipinski definition) is 1. The van der Waals surface area contributed by atoms with Crippen LogP contribution in [0.3, 0.4) is 0 Å². The molecule has 0 aliphatic rings. The Balaban J connectivity index is 0. The maximum absolute atomic E-state index is 9.02. The lowest BCUT2D eigenvalue weighted by Crippen LogP contribution is -1.71. The van der Waals surface area contributed by atoms with E-state index in [1.165, 1.54) is 6.07 Å². The molecule has 1 N–H and O–H groups in total. The molecule has 31 heavy (non-hydrogen) atoms. The Morgan fingerprint density at radius 2 is 1.00 bits per heavy atom. The van der Waals surface area contributed by atoms with Gasteiger partial charge in [0.25, 0.3) is 0 Å². The molecule has 0 atom stereocenters. The van der Waals surface area contributed by atoms with Crippen LogP contribution in [-0.4, -0.2) is 5.11 Å². The third-order valence-corrected chi connectivity index (χ3v) is 5.00. The fourth-order valence-corrected chi connectivity index (χ4v) is 2.68. The summed E-state index contributed by atoms with van der Waals surface area (Å²) >= 11 is 28.2. The largest absolute Gasteiger partial charge is 0.508 e. The Kier molecular flexibility index (Phi) is 19.1. The van der Waals surface area contributed by atoms with Gasteiger partial charge in [-0.05, 0) is 73.9 Å². The van der Waals surface area contributed by atoms with E-state index in [0.29, 0.717) is 20.1 Å². The van der Waals surface area contributed by atoms with E-state index in [9.17, 15) is 0 Å². The summed E-state index contributed by atoms with van der Waals surface area (Å²) < 4.78 is 0. The number of aromatic hydroxyl groups is 1. The minimum Gasteiger partial charge on any atom is -0.508 e. The zero-order chi connectivity index (χ0) is 24.6. The third-order valence-electron chi connectivity index (χ3n) is 3.38. The molecular weight excluding hydrogens is 494 g/mol. The average Bonchev–Trinajstić information content (AvgIpc) is 2.75. The van der Waals surface area contributed by atoms with Crippen molar-refractivity contribution in [1.29, 1.82) is 0 Å². The van der Waals surface area contributed by atoms with Gasteiger partial charge in [0.2, 0.25) is 0 Å². The zero-order valence-electron chi connectivity index (χ0n) is 19.0. The Morgan fingerprint density at radius 1 is 0.516 bits per heavy atom. The van der Waals surface area contributed by atoms with E-state index in [1.54, 1.807) is 24.3 Å². The van der Waals surface area contributed by atoms with Crippen LogP contribution in [0.5, 0.6) is 5.75 Å². The molecule has 0 heterocycles. The van der Waals surface area contributed by atoms with Crippen LogP contribution in [0.4, 0.5) is 0 Å². The maximum atomic E-state index is 9.02. The summed E-state index contributed by atoms with van der Waals surface area (Å²) in [7, 11) is 0. The van der Waals surface area contributed by atoms with Crippen LogP contribution in [0.25, 0.3) is 0 Å². The Hall–Kier alpha value is -1.09. The van der Waals surface area contributed by atoms with E-state index in [4.69, 9.17) is 63.1 Å². The van der Waals surface area contributed by atoms with Crippen LogP contribution in [-0.2, 0) is 0 Å². The molecule has 0 amide bonds. The van der Waals surface area contributed by atoms with Crippen molar-refractivity contribution in [3.8, 4) is 5.75 Å². The van der Waals surface area contributed by atoms with E-state index in [1.807, 2.05) is 72.7 Å². The fourth-order valence-electron chi connectivity index (χ4n) is 1.75. The third kappa shape index (κ3) is 14.6. The highest BCUT2D eigenvalue weighted by Gasteiger charge is 1.94. The summed E-state index contributed by atoms with van der Waals surface area (Å²) in [5.74, 6) is 0.252. The van der Waals surface area contributed by atoms with Crippen molar-refractivity contribution >= 4 is 58.0 Å². The minimum absolute atomic E-state index is 0.252. The Bertz CT molecular complexity index is 777. The zero-order valence-corrected chi connectivity index (χ0v) is 22.8. The lowest BCUT2D eigenvalue weighted by molar-refractivity contribution is 0.471. The molecule has 3 rings (SSSR count). The van der Waals surface area contributed by atoms with Gasteiger partial charge in [-0.15, -0.1) is 0 Å². The van der Waals surface area contributed by atoms with Gasteiger partial charge in [-0.25, -0.2) is 0 Å². The SMILES string of the molecule is CC.CC.Cc1ccc(Cl)c(Cl)c1.Cc1ccc(Cl)cc1Cl.Cc1ccc(Cl)cc1O. The fraction of sp³-hybridized carbons (Fsp3) is 0.280. The second kappa shape index (κ2) is 18.5. The first-order valence-corrected chi connectivity index (χ1v) is 11.8. The van der Waals surface area contributed by atoms with E-state index >= 15 is 0 Å². The van der Waals surface area contributed by atoms with Crippen LogP contribution >= 0.6 is 58.0 Å². The molecule has 0 aliphatic carbocycles. The van der Waals surface area contributed by atoms with Crippen molar-refractivity contribution < 1.29 is 5.11 Å². The molecule has 0 aliphatic heterocycles. The van der Waals surface area contributed by atoms with Crippen molar-refractivity contribution in [3.05, 3.63) is 96.4 Å². The van der Waals surface area contributed by atoms with Crippen molar-refractivity contribution in [1.82, 2.24) is 0 Å². The second-order valence-corrected chi connectivity index (χ2v) is 7.84. The van der Waals surface area contributed by atoms with Crippen LogP contribution < -0.4 is 0 Å². The first kappa shape index (κ1) is 32.1.